The lowest BCUT2D eigenvalue weighted by atomic mass is 10.0. The second-order valence-corrected chi connectivity index (χ2v) is 6.52. The van der Waals surface area contributed by atoms with Gasteiger partial charge >= 0.3 is 0 Å². The predicted molar refractivity (Wildman–Crippen MR) is 95.0 cm³/mol. The summed E-state index contributed by atoms with van der Waals surface area (Å²) in [5.41, 5.74) is 12.3. The Labute approximate surface area is 136 Å². The third-order valence-corrected chi connectivity index (χ3v) is 4.88. The zero-order chi connectivity index (χ0) is 15.6. The van der Waals surface area contributed by atoms with E-state index in [4.69, 9.17) is 5.73 Å². The molecule has 2 rings (SSSR count). The highest BCUT2D eigenvalue weighted by molar-refractivity contribution is 9.10. The fraction of sp³-hybridized carbons (Fsp3) is 0.333. The van der Waals surface area contributed by atoms with Gasteiger partial charge in [0.15, 0.2) is 0 Å². The number of anilines is 1. The number of hydrogen-bond acceptors (Lipinski definition) is 2. The quantitative estimate of drug-likeness (QED) is 0.882. The van der Waals surface area contributed by atoms with Crippen molar-refractivity contribution in [3.63, 3.8) is 0 Å². The molecule has 2 aromatic carbocycles. The first kappa shape index (κ1) is 16.1. The van der Waals surface area contributed by atoms with Gasteiger partial charge in [-0.15, -0.1) is 0 Å². The molecular weight excluding hydrogens is 324 g/mol. The number of benzene rings is 2. The molecule has 3 heteroatoms. The molecule has 112 valence electrons. The van der Waals surface area contributed by atoms with Gasteiger partial charge in [-0.1, -0.05) is 45.8 Å². The molecule has 0 radical (unpaired) electrons. The Hall–Kier alpha value is -1.32. The fourth-order valence-corrected chi connectivity index (χ4v) is 3.01. The first-order valence-corrected chi connectivity index (χ1v) is 7.99. The summed E-state index contributed by atoms with van der Waals surface area (Å²) in [6, 6.07) is 13.2. The van der Waals surface area contributed by atoms with Crippen LogP contribution < -0.4 is 10.6 Å². The van der Waals surface area contributed by atoms with Crippen LogP contribution in [0.2, 0.25) is 0 Å². The lowest BCUT2D eigenvalue weighted by Gasteiger charge is -2.31. The Bertz CT molecular complexity index is 637. The molecule has 0 aliphatic carbocycles. The van der Waals surface area contributed by atoms with E-state index < -0.39 is 0 Å². The normalized spacial score (nSPS) is 12.3. The molecule has 0 aliphatic rings. The summed E-state index contributed by atoms with van der Waals surface area (Å²) < 4.78 is 1.14. The van der Waals surface area contributed by atoms with Gasteiger partial charge in [-0.05, 0) is 49.6 Å². The Kier molecular flexibility index (Phi) is 5.07. The van der Waals surface area contributed by atoms with Crippen molar-refractivity contribution in [1.29, 1.82) is 0 Å². The maximum absolute atomic E-state index is 6.06. The summed E-state index contributed by atoms with van der Waals surface area (Å²) in [4.78, 5) is 2.28. The smallest absolute Gasteiger partial charge is 0.0661 e. The number of hydrogen-bond donors (Lipinski definition) is 1. The average molecular weight is 347 g/mol. The third kappa shape index (κ3) is 3.47. The second kappa shape index (κ2) is 6.63. The maximum atomic E-state index is 6.06. The second-order valence-electron chi connectivity index (χ2n) is 5.66. The van der Waals surface area contributed by atoms with Crippen LogP contribution in [0.5, 0.6) is 0 Å². The van der Waals surface area contributed by atoms with E-state index in [1.165, 1.54) is 27.9 Å². The molecule has 0 fully saturated rings. The number of nitrogens with zero attached hydrogens (tertiary/aromatic N) is 1. The first-order valence-electron chi connectivity index (χ1n) is 7.20. The van der Waals surface area contributed by atoms with Crippen LogP contribution in [-0.2, 0) is 0 Å². The van der Waals surface area contributed by atoms with Crippen molar-refractivity contribution in [3.8, 4) is 0 Å². The average Bonchev–Trinajstić information content (AvgIpc) is 2.43. The van der Waals surface area contributed by atoms with Crippen molar-refractivity contribution in [3.05, 3.63) is 63.1 Å². The molecule has 0 aliphatic heterocycles. The Morgan fingerprint density at radius 2 is 1.76 bits per heavy atom. The summed E-state index contributed by atoms with van der Waals surface area (Å²) in [7, 11) is 2.12. The SMILES string of the molecule is Cc1ccc(N(C)C(CN)c2ccc(Br)c(C)c2)c(C)c1. The Morgan fingerprint density at radius 1 is 1.05 bits per heavy atom. The minimum atomic E-state index is 0.179. The molecule has 1 unspecified atom stereocenters. The Morgan fingerprint density at radius 3 is 2.33 bits per heavy atom. The number of nitrogens with two attached hydrogens (primary N) is 1. The molecule has 2 nitrogen and oxygen atoms in total. The van der Waals surface area contributed by atoms with Crippen molar-refractivity contribution < 1.29 is 0 Å². The van der Waals surface area contributed by atoms with Crippen molar-refractivity contribution in [2.75, 3.05) is 18.5 Å². The highest BCUT2D eigenvalue weighted by atomic mass is 79.9. The van der Waals surface area contributed by atoms with Crippen LogP contribution in [0, 0.1) is 20.8 Å². The van der Waals surface area contributed by atoms with E-state index in [1.54, 1.807) is 0 Å². The molecule has 0 spiro atoms. The molecule has 0 heterocycles. The molecule has 0 aromatic heterocycles. The lowest BCUT2D eigenvalue weighted by Crippen LogP contribution is -2.31. The molecule has 2 aromatic rings. The molecule has 0 saturated carbocycles. The van der Waals surface area contributed by atoms with Crippen molar-refractivity contribution >= 4 is 21.6 Å². The Balaban J connectivity index is 2.37. The van der Waals surface area contributed by atoms with Crippen LogP contribution in [0.4, 0.5) is 5.69 Å². The van der Waals surface area contributed by atoms with Gasteiger partial charge in [0.25, 0.3) is 0 Å². The summed E-state index contributed by atoms with van der Waals surface area (Å²) in [5.74, 6) is 0. The molecular formula is C18H23BrN2. The van der Waals surface area contributed by atoms with Gasteiger partial charge < -0.3 is 10.6 Å². The number of likely N-dealkylation sites (N-methyl/N-ethyl adjacent to an activating group) is 1. The minimum absolute atomic E-state index is 0.179. The minimum Gasteiger partial charge on any atom is -0.366 e. The van der Waals surface area contributed by atoms with Crippen LogP contribution in [0.25, 0.3) is 0 Å². The van der Waals surface area contributed by atoms with Crippen molar-refractivity contribution in [2.24, 2.45) is 5.73 Å². The van der Waals surface area contributed by atoms with E-state index in [1.807, 2.05) is 0 Å². The highest BCUT2D eigenvalue weighted by Crippen LogP contribution is 2.30. The number of rotatable bonds is 4. The van der Waals surface area contributed by atoms with Gasteiger partial charge in [-0.3, -0.25) is 0 Å². The predicted octanol–water partition coefficient (Wildman–Crippen LogP) is 4.51. The van der Waals surface area contributed by atoms with Crippen LogP contribution in [0.3, 0.4) is 0 Å². The van der Waals surface area contributed by atoms with Gasteiger partial charge in [0.1, 0.15) is 0 Å². The van der Waals surface area contributed by atoms with Crippen LogP contribution in [0.15, 0.2) is 40.9 Å². The van der Waals surface area contributed by atoms with E-state index in [0.717, 1.165) is 4.47 Å². The molecule has 0 amide bonds. The fourth-order valence-electron chi connectivity index (χ4n) is 2.76. The van der Waals surface area contributed by atoms with Crippen molar-refractivity contribution in [2.45, 2.75) is 26.8 Å². The van der Waals surface area contributed by atoms with Gasteiger partial charge in [0.2, 0.25) is 0 Å². The zero-order valence-corrected chi connectivity index (χ0v) is 14.7. The monoisotopic (exact) mass is 346 g/mol. The first-order chi connectivity index (χ1) is 9.93. The number of halogens is 1. The van der Waals surface area contributed by atoms with Gasteiger partial charge in [-0.2, -0.15) is 0 Å². The highest BCUT2D eigenvalue weighted by Gasteiger charge is 2.18. The van der Waals surface area contributed by atoms with E-state index in [2.05, 4.69) is 85.0 Å². The summed E-state index contributed by atoms with van der Waals surface area (Å²) in [5, 5.41) is 0. The number of aryl methyl sites for hydroxylation is 3. The van der Waals surface area contributed by atoms with Crippen molar-refractivity contribution in [1.82, 2.24) is 0 Å². The molecule has 1 atom stereocenters. The maximum Gasteiger partial charge on any atom is 0.0661 e. The summed E-state index contributed by atoms with van der Waals surface area (Å²) in [6.07, 6.45) is 0. The van der Waals surface area contributed by atoms with Gasteiger partial charge in [0, 0.05) is 23.8 Å². The van der Waals surface area contributed by atoms with Gasteiger partial charge in [-0.25, -0.2) is 0 Å². The largest absolute Gasteiger partial charge is 0.366 e. The lowest BCUT2D eigenvalue weighted by molar-refractivity contribution is 0.678. The molecule has 0 saturated heterocycles. The zero-order valence-electron chi connectivity index (χ0n) is 13.2. The molecule has 0 bridgehead atoms. The summed E-state index contributed by atoms with van der Waals surface area (Å²) >= 11 is 3.56. The third-order valence-electron chi connectivity index (χ3n) is 3.99. The summed E-state index contributed by atoms with van der Waals surface area (Å²) in [6.45, 7) is 6.97. The van der Waals surface area contributed by atoms with E-state index in [0.29, 0.717) is 6.54 Å². The van der Waals surface area contributed by atoms with E-state index in [9.17, 15) is 0 Å². The molecule has 2 N–H and O–H groups in total. The standard InChI is InChI=1S/C18H23BrN2/c1-12-5-8-17(14(3)9-12)21(4)18(11-20)15-6-7-16(19)13(2)10-15/h5-10,18H,11,20H2,1-4H3. The van der Waals surface area contributed by atoms with Crippen LogP contribution in [-0.4, -0.2) is 13.6 Å². The van der Waals surface area contributed by atoms with Crippen LogP contribution in [0.1, 0.15) is 28.3 Å². The van der Waals surface area contributed by atoms with Crippen LogP contribution >= 0.6 is 15.9 Å². The van der Waals surface area contributed by atoms with Gasteiger partial charge in [0.05, 0.1) is 6.04 Å². The van der Waals surface area contributed by atoms with E-state index in [-0.39, 0.29) is 6.04 Å². The van der Waals surface area contributed by atoms with E-state index >= 15 is 0 Å². The molecule has 21 heavy (non-hydrogen) atoms. The topological polar surface area (TPSA) is 29.3 Å².